The first-order valence-corrected chi connectivity index (χ1v) is 9.89. The molecule has 0 saturated heterocycles. The molecule has 158 valence electrons. The Morgan fingerprint density at radius 3 is 2.38 bits per heavy atom. The maximum Gasteiger partial charge on any atom is 0.343 e. The highest BCUT2D eigenvalue weighted by molar-refractivity contribution is 5.97. The fraction of sp³-hybridized carbons (Fsp3) is 0.125. The van der Waals surface area contributed by atoms with Crippen molar-refractivity contribution in [2.24, 2.45) is 7.05 Å². The number of rotatable bonds is 5. The van der Waals surface area contributed by atoms with Crippen LogP contribution in [0.5, 0.6) is 0 Å². The van der Waals surface area contributed by atoms with Gasteiger partial charge in [-0.1, -0.05) is 24.3 Å². The summed E-state index contributed by atoms with van der Waals surface area (Å²) in [5.41, 5.74) is 3.77. The Morgan fingerprint density at radius 1 is 1.00 bits per heavy atom. The quantitative estimate of drug-likeness (QED) is 0.273. The lowest BCUT2D eigenvalue weighted by Crippen LogP contribution is -2.12. The second kappa shape index (κ2) is 8.70. The molecule has 0 saturated carbocycles. The number of benzene rings is 1. The number of allylic oxidation sites excluding steroid dienone is 1. The maximum atomic E-state index is 12.9. The molecule has 8 nitrogen and oxygen atoms in total. The van der Waals surface area contributed by atoms with E-state index in [1.807, 2.05) is 38.1 Å². The van der Waals surface area contributed by atoms with Gasteiger partial charge in [-0.15, -0.1) is 0 Å². The number of carbonyl (C=O) groups excluding carboxylic acids is 1. The standard InChI is InChI=1S/C24H20N6O2/c1-16-17(2)27-29(3)22(16)23(32-24(31)18-9-5-4-6-10-18)21(15-25)30-14-12-20(28-30)19-11-7-8-13-26-19/h4-14H,1-3H3. The fourth-order valence-electron chi connectivity index (χ4n) is 3.32. The zero-order valence-electron chi connectivity index (χ0n) is 17.9. The lowest BCUT2D eigenvalue weighted by molar-refractivity contribution is 0.0691. The molecule has 1 aromatic carbocycles. The molecule has 3 heterocycles. The zero-order chi connectivity index (χ0) is 22.7. The van der Waals surface area contributed by atoms with Gasteiger partial charge in [0.2, 0.25) is 0 Å². The first-order chi connectivity index (χ1) is 15.5. The van der Waals surface area contributed by atoms with Crippen molar-refractivity contribution in [1.29, 1.82) is 5.26 Å². The largest absolute Gasteiger partial charge is 0.417 e. The average Bonchev–Trinajstić information content (AvgIpc) is 3.39. The van der Waals surface area contributed by atoms with Gasteiger partial charge >= 0.3 is 5.97 Å². The number of hydrogen-bond acceptors (Lipinski definition) is 6. The maximum absolute atomic E-state index is 12.9. The molecule has 0 bridgehead atoms. The SMILES string of the molecule is Cc1nn(C)c(C(OC(=O)c2ccccc2)=C(C#N)n2ccc(-c3ccccn3)n2)c1C. The Balaban J connectivity index is 1.86. The highest BCUT2D eigenvalue weighted by atomic mass is 16.5. The van der Waals surface area contributed by atoms with Crippen LogP contribution in [0.3, 0.4) is 0 Å². The molecule has 0 aliphatic rings. The zero-order valence-corrected chi connectivity index (χ0v) is 17.9. The minimum absolute atomic E-state index is 0.0579. The Labute approximate surface area is 185 Å². The van der Waals surface area contributed by atoms with Crippen LogP contribution in [0.25, 0.3) is 22.8 Å². The molecule has 0 aliphatic carbocycles. The van der Waals surface area contributed by atoms with Crippen molar-refractivity contribution in [1.82, 2.24) is 24.5 Å². The monoisotopic (exact) mass is 424 g/mol. The molecule has 0 aliphatic heterocycles. The number of aryl methyl sites for hydroxylation is 2. The summed E-state index contributed by atoms with van der Waals surface area (Å²) >= 11 is 0. The molecule has 0 atom stereocenters. The fourth-order valence-corrected chi connectivity index (χ4v) is 3.32. The molecule has 0 fully saturated rings. The third-order valence-electron chi connectivity index (χ3n) is 5.01. The molecule has 8 heteroatoms. The summed E-state index contributed by atoms with van der Waals surface area (Å²) in [6.07, 6.45) is 3.31. The molecule has 0 unspecified atom stereocenters. The van der Waals surface area contributed by atoms with E-state index in [2.05, 4.69) is 21.3 Å². The van der Waals surface area contributed by atoms with Gasteiger partial charge in [-0.25, -0.2) is 9.48 Å². The topological polar surface area (TPSA) is 98.6 Å². The van der Waals surface area contributed by atoms with Crippen LogP contribution in [0, 0.1) is 25.2 Å². The molecule has 4 rings (SSSR count). The Kier molecular flexibility index (Phi) is 5.64. The first-order valence-electron chi connectivity index (χ1n) is 9.89. The molecule has 0 N–H and O–H groups in total. The van der Waals surface area contributed by atoms with Gasteiger partial charge in [-0.05, 0) is 44.2 Å². The van der Waals surface area contributed by atoms with Crippen LogP contribution < -0.4 is 0 Å². The van der Waals surface area contributed by atoms with Crippen molar-refractivity contribution in [3.8, 4) is 17.5 Å². The predicted octanol–water partition coefficient (Wildman–Crippen LogP) is 4.00. The lowest BCUT2D eigenvalue weighted by atomic mass is 10.1. The van der Waals surface area contributed by atoms with Gasteiger partial charge < -0.3 is 4.74 Å². The number of pyridine rings is 1. The first kappa shape index (κ1) is 20.8. The van der Waals surface area contributed by atoms with E-state index in [9.17, 15) is 10.1 Å². The third kappa shape index (κ3) is 3.91. The number of aromatic nitrogens is 5. The number of hydrogen-bond donors (Lipinski definition) is 0. The van der Waals surface area contributed by atoms with Gasteiger partial charge in [0.25, 0.3) is 0 Å². The summed E-state index contributed by atoms with van der Waals surface area (Å²) in [4.78, 5) is 17.2. The summed E-state index contributed by atoms with van der Waals surface area (Å²) < 4.78 is 8.79. The Morgan fingerprint density at radius 2 is 1.75 bits per heavy atom. The normalized spacial score (nSPS) is 11.6. The van der Waals surface area contributed by atoms with Crippen molar-refractivity contribution in [2.75, 3.05) is 0 Å². The Hall–Kier alpha value is -4.51. The summed E-state index contributed by atoms with van der Waals surface area (Å²) in [6.45, 7) is 3.72. The van der Waals surface area contributed by atoms with Gasteiger partial charge in [-0.2, -0.15) is 15.5 Å². The molecule has 4 aromatic rings. The second-order valence-electron chi connectivity index (χ2n) is 7.09. The van der Waals surface area contributed by atoms with E-state index in [0.717, 1.165) is 11.3 Å². The lowest BCUT2D eigenvalue weighted by Gasteiger charge is -2.13. The van der Waals surface area contributed by atoms with Crippen LogP contribution in [0.4, 0.5) is 0 Å². The van der Waals surface area contributed by atoms with Crippen LogP contribution in [0.2, 0.25) is 0 Å². The van der Waals surface area contributed by atoms with E-state index in [0.29, 0.717) is 22.6 Å². The molecule has 32 heavy (non-hydrogen) atoms. The van der Waals surface area contributed by atoms with E-state index >= 15 is 0 Å². The number of nitrogens with zero attached hydrogens (tertiary/aromatic N) is 6. The molecular formula is C24H20N6O2. The van der Waals surface area contributed by atoms with Crippen LogP contribution in [-0.4, -0.2) is 30.5 Å². The van der Waals surface area contributed by atoms with Crippen molar-refractivity contribution < 1.29 is 9.53 Å². The van der Waals surface area contributed by atoms with Crippen molar-refractivity contribution >= 4 is 17.4 Å². The van der Waals surface area contributed by atoms with E-state index in [1.54, 1.807) is 54.5 Å². The Bertz CT molecular complexity index is 1340. The van der Waals surface area contributed by atoms with Gasteiger partial charge in [0.15, 0.2) is 11.5 Å². The van der Waals surface area contributed by atoms with E-state index in [1.165, 1.54) is 4.68 Å². The molecular weight excluding hydrogens is 404 g/mol. The minimum Gasteiger partial charge on any atom is -0.417 e. The van der Waals surface area contributed by atoms with Gasteiger partial charge in [0, 0.05) is 25.0 Å². The number of carbonyl (C=O) groups is 1. The highest BCUT2D eigenvalue weighted by Crippen LogP contribution is 2.29. The van der Waals surface area contributed by atoms with Crippen LogP contribution in [0.15, 0.2) is 67.0 Å². The van der Waals surface area contributed by atoms with Gasteiger partial charge in [0.1, 0.15) is 17.5 Å². The molecule has 0 amide bonds. The summed E-state index contributed by atoms with van der Waals surface area (Å²) in [7, 11) is 1.74. The summed E-state index contributed by atoms with van der Waals surface area (Å²) in [5.74, 6) is -0.499. The van der Waals surface area contributed by atoms with Crippen LogP contribution in [-0.2, 0) is 11.8 Å². The predicted molar refractivity (Wildman–Crippen MR) is 119 cm³/mol. The molecule has 0 radical (unpaired) electrons. The van der Waals surface area contributed by atoms with Crippen molar-refractivity contribution in [3.05, 3.63) is 89.5 Å². The minimum atomic E-state index is -0.580. The molecule has 3 aromatic heterocycles. The summed E-state index contributed by atoms with van der Waals surface area (Å²) in [5, 5.41) is 19.0. The van der Waals surface area contributed by atoms with Gasteiger partial charge in [0.05, 0.1) is 17.0 Å². The number of esters is 1. The third-order valence-corrected chi connectivity index (χ3v) is 5.01. The van der Waals surface area contributed by atoms with E-state index in [-0.39, 0.29) is 11.5 Å². The summed E-state index contributed by atoms with van der Waals surface area (Å²) in [6, 6.07) is 18.0. The van der Waals surface area contributed by atoms with Crippen LogP contribution in [0.1, 0.15) is 27.3 Å². The average molecular weight is 424 g/mol. The van der Waals surface area contributed by atoms with E-state index in [4.69, 9.17) is 4.74 Å². The van der Waals surface area contributed by atoms with Gasteiger partial charge in [-0.3, -0.25) is 9.67 Å². The highest BCUT2D eigenvalue weighted by Gasteiger charge is 2.25. The van der Waals surface area contributed by atoms with Crippen LogP contribution >= 0.6 is 0 Å². The van der Waals surface area contributed by atoms with Crippen molar-refractivity contribution in [3.63, 3.8) is 0 Å². The van der Waals surface area contributed by atoms with E-state index < -0.39 is 5.97 Å². The number of ether oxygens (including phenoxy) is 1. The smallest absolute Gasteiger partial charge is 0.343 e. The number of nitriles is 1. The van der Waals surface area contributed by atoms with Crippen molar-refractivity contribution in [2.45, 2.75) is 13.8 Å². The molecule has 0 spiro atoms. The second-order valence-corrected chi connectivity index (χ2v) is 7.09.